The third kappa shape index (κ3) is 4.18. The zero-order chi connectivity index (χ0) is 14.4. The monoisotopic (exact) mass is 385 g/mol. The Bertz CT molecular complexity index is 557. The van der Waals surface area contributed by atoms with Crippen LogP contribution in [0.1, 0.15) is 18.9 Å². The Balaban J connectivity index is 2.18. The summed E-state index contributed by atoms with van der Waals surface area (Å²) >= 11 is 2.22. The van der Waals surface area contributed by atoms with E-state index in [4.69, 9.17) is 4.74 Å². The maximum atomic E-state index is 14.0. The normalized spacial score (nSPS) is 10.6. The van der Waals surface area contributed by atoms with Crippen LogP contribution in [0.4, 0.5) is 4.39 Å². The van der Waals surface area contributed by atoms with Gasteiger partial charge in [0.2, 0.25) is 0 Å². The van der Waals surface area contributed by atoms with Crippen molar-refractivity contribution in [2.45, 2.75) is 19.9 Å². The van der Waals surface area contributed by atoms with E-state index in [9.17, 15) is 4.39 Å². The molecular weight excluding hydrogens is 368 g/mol. The van der Waals surface area contributed by atoms with Gasteiger partial charge in [-0.05, 0) is 65.9 Å². The molecule has 0 saturated carbocycles. The summed E-state index contributed by atoms with van der Waals surface area (Å²) in [5.74, 6) is 0.615. The minimum Gasteiger partial charge on any atom is -0.454 e. The summed E-state index contributed by atoms with van der Waals surface area (Å²) in [6.07, 6.45) is 1.04. The van der Waals surface area contributed by atoms with E-state index in [0.717, 1.165) is 22.1 Å². The van der Waals surface area contributed by atoms with Gasteiger partial charge >= 0.3 is 0 Å². The van der Waals surface area contributed by atoms with E-state index in [1.165, 1.54) is 6.07 Å². The molecule has 0 aliphatic heterocycles. The van der Waals surface area contributed by atoms with E-state index in [1.54, 1.807) is 6.07 Å². The quantitative estimate of drug-likeness (QED) is 0.574. The molecule has 2 aromatic carbocycles. The Hall–Kier alpha value is -1.14. The van der Waals surface area contributed by atoms with Crippen molar-refractivity contribution in [1.82, 2.24) is 5.32 Å². The number of benzene rings is 2. The van der Waals surface area contributed by atoms with Crippen LogP contribution in [0.2, 0.25) is 0 Å². The SMILES string of the molecule is CCCNCc1cccc(F)c1Oc1ccc(I)cc1. The van der Waals surface area contributed by atoms with Crippen LogP contribution < -0.4 is 10.1 Å². The van der Waals surface area contributed by atoms with E-state index < -0.39 is 0 Å². The fraction of sp³-hybridized carbons (Fsp3) is 0.250. The van der Waals surface area contributed by atoms with Crippen molar-refractivity contribution in [3.63, 3.8) is 0 Å². The van der Waals surface area contributed by atoms with Crippen LogP contribution in [-0.4, -0.2) is 6.54 Å². The van der Waals surface area contributed by atoms with Gasteiger partial charge in [-0.3, -0.25) is 0 Å². The first-order valence-corrected chi connectivity index (χ1v) is 7.70. The molecule has 4 heteroatoms. The van der Waals surface area contributed by atoms with Crippen molar-refractivity contribution in [2.24, 2.45) is 0 Å². The molecule has 0 spiro atoms. The highest BCUT2D eigenvalue weighted by Crippen LogP contribution is 2.28. The second-order valence-corrected chi connectivity index (χ2v) is 5.71. The smallest absolute Gasteiger partial charge is 0.167 e. The van der Waals surface area contributed by atoms with Crippen LogP contribution in [-0.2, 0) is 6.54 Å². The topological polar surface area (TPSA) is 21.3 Å². The minimum atomic E-state index is -0.334. The molecule has 106 valence electrons. The van der Waals surface area contributed by atoms with Gasteiger partial charge in [-0.2, -0.15) is 0 Å². The predicted octanol–water partition coefficient (Wildman–Crippen LogP) is 4.72. The molecule has 0 aliphatic carbocycles. The summed E-state index contributed by atoms with van der Waals surface area (Å²) in [6.45, 7) is 3.60. The molecule has 0 radical (unpaired) electrons. The molecule has 0 bridgehead atoms. The lowest BCUT2D eigenvalue weighted by Gasteiger charge is -2.12. The summed E-state index contributed by atoms with van der Waals surface area (Å²) in [5.41, 5.74) is 0.831. The molecular formula is C16H17FINO. The number of nitrogens with one attached hydrogen (secondary N) is 1. The lowest BCUT2D eigenvalue weighted by Crippen LogP contribution is -2.14. The fourth-order valence-electron chi connectivity index (χ4n) is 1.83. The second-order valence-electron chi connectivity index (χ2n) is 4.46. The van der Waals surface area contributed by atoms with Crippen molar-refractivity contribution in [2.75, 3.05) is 6.54 Å². The number of rotatable bonds is 6. The number of para-hydroxylation sites is 1. The Morgan fingerprint density at radius 1 is 1.15 bits per heavy atom. The van der Waals surface area contributed by atoms with Crippen LogP contribution in [0.15, 0.2) is 42.5 Å². The van der Waals surface area contributed by atoms with Crippen LogP contribution in [0.25, 0.3) is 0 Å². The average molecular weight is 385 g/mol. The molecule has 0 fully saturated rings. The molecule has 0 saturated heterocycles. The molecule has 2 rings (SSSR count). The third-order valence-electron chi connectivity index (χ3n) is 2.82. The molecule has 1 N–H and O–H groups in total. The number of ether oxygens (including phenoxy) is 1. The van der Waals surface area contributed by atoms with E-state index in [0.29, 0.717) is 18.0 Å². The fourth-order valence-corrected chi connectivity index (χ4v) is 2.19. The van der Waals surface area contributed by atoms with Crippen molar-refractivity contribution in [3.05, 3.63) is 57.4 Å². The molecule has 0 atom stereocenters. The maximum Gasteiger partial charge on any atom is 0.167 e. The Morgan fingerprint density at radius 2 is 1.90 bits per heavy atom. The van der Waals surface area contributed by atoms with Crippen molar-refractivity contribution in [3.8, 4) is 11.5 Å². The zero-order valence-corrected chi connectivity index (χ0v) is 13.5. The van der Waals surface area contributed by atoms with Gasteiger partial charge in [0, 0.05) is 15.7 Å². The van der Waals surface area contributed by atoms with E-state index >= 15 is 0 Å². The molecule has 20 heavy (non-hydrogen) atoms. The minimum absolute atomic E-state index is 0.303. The molecule has 0 aromatic heterocycles. The van der Waals surface area contributed by atoms with Crippen molar-refractivity contribution < 1.29 is 9.13 Å². The van der Waals surface area contributed by atoms with Gasteiger partial charge in [0.05, 0.1) is 0 Å². The van der Waals surface area contributed by atoms with E-state index in [1.807, 2.05) is 30.3 Å². The molecule has 2 aromatic rings. The van der Waals surface area contributed by atoms with E-state index in [-0.39, 0.29) is 5.82 Å². The predicted molar refractivity (Wildman–Crippen MR) is 87.6 cm³/mol. The van der Waals surface area contributed by atoms with Crippen molar-refractivity contribution in [1.29, 1.82) is 0 Å². The maximum absolute atomic E-state index is 14.0. The van der Waals surface area contributed by atoms with Crippen LogP contribution >= 0.6 is 22.6 Å². The first-order valence-electron chi connectivity index (χ1n) is 6.62. The highest BCUT2D eigenvalue weighted by Gasteiger charge is 2.10. The third-order valence-corrected chi connectivity index (χ3v) is 3.54. The van der Waals surface area contributed by atoms with Gasteiger partial charge in [0.1, 0.15) is 5.75 Å². The summed E-state index contributed by atoms with van der Waals surface area (Å²) in [6, 6.07) is 12.6. The standard InChI is InChI=1S/C16H17FINO/c1-2-10-19-11-12-4-3-5-15(17)16(12)20-14-8-6-13(18)7-9-14/h3-9,19H,2,10-11H2,1H3. The van der Waals surface area contributed by atoms with Gasteiger partial charge in [0.25, 0.3) is 0 Å². The number of hydrogen-bond acceptors (Lipinski definition) is 2. The average Bonchev–Trinajstić information content (AvgIpc) is 2.45. The van der Waals surface area contributed by atoms with Crippen LogP contribution in [0, 0.1) is 9.39 Å². The molecule has 0 heterocycles. The molecule has 0 unspecified atom stereocenters. The van der Waals surface area contributed by atoms with Gasteiger partial charge in [0.15, 0.2) is 11.6 Å². The first-order chi connectivity index (χ1) is 9.70. The Kier molecular flexibility index (Phi) is 5.79. The molecule has 0 aliphatic rings. The van der Waals surface area contributed by atoms with Crippen molar-refractivity contribution >= 4 is 22.6 Å². The van der Waals surface area contributed by atoms with E-state index in [2.05, 4.69) is 34.8 Å². The lowest BCUT2D eigenvalue weighted by molar-refractivity contribution is 0.433. The summed E-state index contributed by atoms with van der Waals surface area (Å²) < 4.78 is 20.8. The summed E-state index contributed by atoms with van der Waals surface area (Å²) in [7, 11) is 0. The Morgan fingerprint density at radius 3 is 2.60 bits per heavy atom. The summed E-state index contributed by atoms with van der Waals surface area (Å²) in [5, 5.41) is 3.27. The summed E-state index contributed by atoms with van der Waals surface area (Å²) in [4.78, 5) is 0. The second kappa shape index (κ2) is 7.59. The Labute approximate surface area is 132 Å². The lowest BCUT2D eigenvalue weighted by atomic mass is 10.2. The highest BCUT2D eigenvalue weighted by atomic mass is 127. The largest absolute Gasteiger partial charge is 0.454 e. The van der Waals surface area contributed by atoms with Gasteiger partial charge in [-0.1, -0.05) is 19.1 Å². The molecule has 2 nitrogen and oxygen atoms in total. The van der Waals surface area contributed by atoms with Gasteiger partial charge < -0.3 is 10.1 Å². The zero-order valence-electron chi connectivity index (χ0n) is 11.3. The van der Waals surface area contributed by atoms with Gasteiger partial charge in [-0.25, -0.2) is 4.39 Å². The van der Waals surface area contributed by atoms with Crippen LogP contribution in [0.5, 0.6) is 11.5 Å². The number of halogens is 2. The molecule has 0 amide bonds. The van der Waals surface area contributed by atoms with Crippen LogP contribution in [0.3, 0.4) is 0 Å². The van der Waals surface area contributed by atoms with Gasteiger partial charge in [-0.15, -0.1) is 0 Å². The highest BCUT2D eigenvalue weighted by molar-refractivity contribution is 14.1. The first kappa shape index (κ1) is 15.3. The number of hydrogen-bond donors (Lipinski definition) is 1.